The number of aryl methyl sites for hydroxylation is 1. The van der Waals surface area contributed by atoms with Crippen LogP contribution in [-0.4, -0.2) is 46.7 Å². The number of nitrogen functional groups attached to an aromatic ring is 1. The van der Waals surface area contributed by atoms with Gasteiger partial charge in [0, 0.05) is 12.6 Å². The highest BCUT2D eigenvalue weighted by Gasteiger charge is 2.16. The van der Waals surface area contributed by atoms with Crippen molar-refractivity contribution in [1.29, 1.82) is 0 Å². The molecule has 0 aliphatic carbocycles. The van der Waals surface area contributed by atoms with E-state index in [0.29, 0.717) is 17.1 Å². The molecule has 1 unspecified atom stereocenters. The monoisotopic (exact) mass is 319 g/mol. The van der Waals surface area contributed by atoms with Gasteiger partial charge in [0.2, 0.25) is 0 Å². The third-order valence-electron chi connectivity index (χ3n) is 3.22. The molecule has 1 aromatic rings. The summed E-state index contributed by atoms with van der Waals surface area (Å²) in [7, 11) is 4.02. The Morgan fingerprint density at radius 2 is 2.18 bits per heavy atom. The van der Waals surface area contributed by atoms with E-state index in [4.69, 9.17) is 5.73 Å². The summed E-state index contributed by atoms with van der Waals surface area (Å²) in [6.45, 7) is 0.805. The molecule has 7 heteroatoms. The number of H-pyrrole nitrogens is 1. The fourth-order valence-electron chi connectivity index (χ4n) is 2.06. The van der Waals surface area contributed by atoms with E-state index in [1.165, 1.54) is 6.21 Å². The number of unbranched alkanes of at least 4 members (excludes halogenated alkanes) is 2. The highest BCUT2D eigenvalue weighted by Crippen LogP contribution is 2.21. The summed E-state index contributed by atoms with van der Waals surface area (Å²) in [4.78, 5) is 5.15. The molecule has 0 radical (unpaired) electrons. The Balaban J connectivity index is 1.81. The molecule has 6 nitrogen and oxygen atoms in total. The molecule has 0 fully saturated rings. The van der Waals surface area contributed by atoms with Crippen molar-refractivity contribution < 1.29 is 4.21 Å². The number of hydrogen-bond acceptors (Lipinski definition) is 3. The van der Waals surface area contributed by atoms with Crippen LogP contribution < -0.4 is 5.73 Å². The Kier molecular flexibility index (Phi) is 5.92. The minimum atomic E-state index is -1.50. The number of nitrogens with zero attached hydrogens (tertiary/aromatic N) is 3. The lowest BCUT2D eigenvalue weighted by Gasteiger charge is -2.01. The van der Waals surface area contributed by atoms with Gasteiger partial charge in [-0.1, -0.05) is 5.92 Å². The first-order chi connectivity index (χ1) is 10.6. The molecule has 0 spiro atoms. The number of aromatic amines is 1. The molecule has 1 aliphatic rings. The van der Waals surface area contributed by atoms with Gasteiger partial charge < -0.3 is 10.7 Å². The van der Waals surface area contributed by atoms with Crippen molar-refractivity contribution >= 4 is 28.8 Å². The van der Waals surface area contributed by atoms with Crippen molar-refractivity contribution in [2.24, 2.45) is 8.80 Å². The Hall–Kier alpha value is -1.91. The van der Waals surface area contributed by atoms with E-state index in [1.54, 1.807) is 0 Å². The van der Waals surface area contributed by atoms with E-state index in [-0.39, 0.29) is 0 Å². The Bertz CT molecular complexity index is 663. The molecular formula is C15H21N5OS. The summed E-state index contributed by atoms with van der Waals surface area (Å²) in [6.07, 6.45) is 7.26. The van der Waals surface area contributed by atoms with Crippen molar-refractivity contribution in [2.45, 2.75) is 25.7 Å². The van der Waals surface area contributed by atoms with Crippen LogP contribution in [0.4, 0.5) is 5.69 Å². The zero-order valence-electron chi connectivity index (χ0n) is 12.9. The van der Waals surface area contributed by atoms with E-state index in [2.05, 4.69) is 30.5 Å². The summed E-state index contributed by atoms with van der Waals surface area (Å²) in [6, 6.07) is 0. The van der Waals surface area contributed by atoms with Crippen LogP contribution in [0, 0.1) is 11.8 Å². The lowest BCUT2D eigenvalue weighted by atomic mass is 10.1. The average molecular weight is 319 g/mol. The van der Waals surface area contributed by atoms with Gasteiger partial charge in [-0.2, -0.15) is 8.80 Å². The van der Waals surface area contributed by atoms with Crippen LogP contribution in [0.25, 0.3) is 0 Å². The van der Waals surface area contributed by atoms with Gasteiger partial charge >= 0.3 is 0 Å². The van der Waals surface area contributed by atoms with Crippen molar-refractivity contribution in [2.75, 3.05) is 26.4 Å². The number of nitrogens with two attached hydrogens (primary N) is 1. The summed E-state index contributed by atoms with van der Waals surface area (Å²) >= 11 is -1.50. The molecule has 2 heterocycles. The zero-order chi connectivity index (χ0) is 15.9. The van der Waals surface area contributed by atoms with Gasteiger partial charge in [0.05, 0.1) is 24.1 Å². The van der Waals surface area contributed by atoms with Crippen LogP contribution in [0.1, 0.15) is 30.5 Å². The van der Waals surface area contributed by atoms with Gasteiger partial charge in [-0.25, -0.2) is 4.21 Å². The third-order valence-corrected chi connectivity index (χ3v) is 3.86. The smallest absolute Gasteiger partial charge is 0.266 e. The van der Waals surface area contributed by atoms with E-state index < -0.39 is 11.2 Å². The molecule has 0 bridgehead atoms. The highest BCUT2D eigenvalue weighted by molar-refractivity contribution is 7.83. The molecule has 1 atom stereocenters. The number of hydrogen-bond donors (Lipinski definition) is 2. The lowest BCUT2D eigenvalue weighted by molar-refractivity contribution is 0.463. The SMILES string of the molecule is CN(C)CC#CCCCCc1c[nH]c(C2=NS(=O)N=C2)c1N. The Morgan fingerprint density at radius 1 is 1.36 bits per heavy atom. The predicted molar refractivity (Wildman–Crippen MR) is 92.3 cm³/mol. The largest absolute Gasteiger partial charge is 0.397 e. The van der Waals surface area contributed by atoms with Crippen molar-refractivity contribution in [3.05, 3.63) is 17.5 Å². The molecular weight excluding hydrogens is 298 g/mol. The summed E-state index contributed by atoms with van der Waals surface area (Å²) in [5, 5.41) is 0. The maximum absolute atomic E-state index is 11.1. The van der Waals surface area contributed by atoms with Crippen LogP contribution in [0.5, 0.6) is 0 Å². The van der Waals surface area contributed by atoms with Crippen LogP contribution in [0.15, 0.2) is 15.0 Å². The van der Waals surface area contributed by atoms with Crippen LogP contribution >= 0.6 is 0 Å². The second-order valence-corrected chi connectivity index (χ2v) is 6.20. The quantitative estimate of drug-likeness (QED) is 0.612. The number of aromatic nitrogens is 1. The zero-order valence-corrected chi connectivity index (χ0v) is 13.7. The molecule has 0 saturated carbocycles. The molecule has 22 heavy (non-hydrogen) atoms. The second kappa shape index (κ2) is 7.92. The van der Waals surface area contributed by atoms with Crippen LogP contribution in [-0.2, 0) is 17.6 Å². The standard InChI is InChI=1S/C15H21N5OS/c1-20(2)9-7-5-3-4-6-8-12-10-17-15(14(12)16)13-11-18-22(21)19-13/h10-11,17H,3-4,6,8-9,16H2,1-2H3. The van der Waals surface area contributed by atoms with E-state index in [9.17, 15) is 4.21 Å². The lowest BCUT2D eigenvalue weighted by Crippen LogP contribution is -2.10. The fraction of sp³-hybridized carbons (Fsp3) is 0.467. The third kappa shape index (κ3) is 4.55. The first kappa shape index (κ1) is 16.5. The Morgan fingerprint density at radius 3 is 2.86 bits per heavy atom. The summed E-state index contributed by atoms with van der Waals surface area (Å²) in [5.41, 5.74) is 9.10. The molecule has 1 aromatic heterocycles. The van der Waals surface area contributed by atoms with Crippen molar-refractivity contribution in [3.63, 3.8) is 0 Å². The first-order valence-electron chi connectivity index (χ1n) is 7.19. The van der Waals surface area contributed by atoms with Crippen LogP contribution in [0.3, 0.4) is 0 Å². The normalized spacial score (nSPS) is 16.7. The second-order valence-electron chi connectivity index (χ2n) is 5.34. The van der Waals surface area contributed by atoms with Gasteiger partial charge in [0.15, 0.2) is 0 Å². The maximum atomic E-state index is 11.1. The van der Waals surface area contributed by atoms with Crippen molar-refractivity contribution in [1.82, 2.24) is 9.88 Å². The van der Waals surface area contributed by atoms with E-state index in [1.807, 2.05) is 20.3 Å². The molecule has 1 aliphatic heterocycles. The Labute approximate surface area is 133 Å². The van der Waals surface area contributed by atoms with Gasteiger partial charge in [0.25, 0.3) is 11.2 Å². The highest BCUT2D eigenvalue weighted by atomic mass is 32.2. The van der Waals surface area contributed by atoms with Crippen LogP contribution in [0.2, 0.25) is 0 Å². The fourth-order valence-corrected chi connectivity index (χ4v) is 2.61. The number of anilines is 1. The first-order valence-corrected chi connectivity index (χ1v) is 8.25. The van der Waals surface area contributed by atoms with Gasteiger partial charge in [-0.3, -0.25) is 4.90 Å². The minimum absolute atomic E-state index is 0.552. The molecule has 3 N–H and O–H groups in total. The van der Waals surface area contributed by atoms with E-state index in [0.717, 1.165) is 37.8 Å². The molecule has 118 valence electrons. The molecule has 0 aromatic carbocycles. The van der Waals surface area contributed by atoms with Crippen molar-refractivity contribution in [3.8, 4) is 11.8 Å². The van der Waals surface area contributed by atoms with E-state index >= 15 is 0 Å². The number of rotatable bonds is 6. The molecule has 0 amide bonds. The number of nitrogens with one attached hydrogen (secondary N) is 1. The topological polar surface area (TPSA) is 86.8 Å². The average Bonchev–Trinajstić information content (AvgIpc) is 3.04. The van der Waals surface area contributed by atoms with Gasteiger partial charge in [0.1, 0.15) is 5.71 Å². The van der Waals surface area contributed by atoms with Gasteiger partial charge in [-0.05, 0) is 38.9 Å². The minimum Gasteiger partial charge on any atom is -0.397 e. The van der Waals surface area contributed by atoms with Gasteiger partial charge in [-0.15, -0.1) is 5.92 Å². The summed E-state index contributed by atoms with van der Waals surface area (Å²) in [5.74, 6) is 6.30. The predicted octanol–water partition coefficient (Wildman–Crippen LogP) is 1.33. The summed E-state index contributed by atoms with van der Waals surface area (Å²) < 4.78 is 18.8. The molecule has 2 rings (SSSR count). The molecule has 0 saturated heterocycles. The maximum Gasteiger partial charge on any atom is 0.266 e.